The number of nitrogens with zero attached hydrogens (tertiary/aromatic N) is 1. The monoisotopic (exact) mass is 344 g/mol. The van der Waals surface area contributed by atoms with Crippen molar-refractivity contribution >= 4 is 28.5 Å². The first-order valence-electron chi connectivity index (χ1n) is 5.88. The zero-order chi connectivity index (χ0) is 12.4. The summed E-state index contributed by atoms with van der Waals surface area (Å²) in [6.45, 7) is 5.86. The summed E-state index contributed by atoms with van der Waals surface area (Å²) in [6, 6.07) is 8.40. The summed E-state index contributed by atoms with van der Waals surface area (Å²) in [5, 5.41) is 3.39. The number of nitrogens with one attached hydrogen (secondary N) is 1. The van der Waals surface area contributed by atoms with E-state index >= 15 is 0 Å². The molecule has 1 amide bonds. The quantitative estimate of drug-likeness (QED) is 0.792. The molecule has 1 saturated heterocycles. The van der Waals surface area contributed by atoms with Gasteiger partial charge in [-0.1, -0.05) is 12.1 Å². The zero-order valence-corrected chi connectivity index (χ0v) is 12.3. The molecular formula is C13H17IN2O. The minimum absolute atomic E-state index is 0.149. The Hall–Kier alpha value is -0.620. The van der Waals surface area contributed by atoms with Gasteiger partial charge in [0, 0.05) is 28.7 Å². The fourth-order valence-corrected chi connectivity index (χ4v) is 2.71. The van der Waals surface area contributed by atoms with E-state index in [0.29, 0.717) is 6.04 Å². The summed E-state index contributed by atoms with van der Waals surface area (Å²) < 4.78 is 1.02. The van der Waals surface area contributed by atoms with E-state index < -0.39 is 0 Å². The van der Waals surface area contributed by atoms with Crippen molar-refractivity contribution in [3.63, 3.8) is 0 Å². The highest BCUT2D eigenvalue weighted by Crippen LogP contribution is 2.17. The molecule has 0 spiro atoms. The average molecular weight is 344 g/mol. The average Bonchev–Trinajstić information content (AvgIpc) is 2.32. The molecule has 1 aromatic carbocycles. The van der Waals surface area contributed by atoms with E-state index in [4.69, 9.17) is 0 Å². The minimum Gasteiger partial charge on any atom is -0.333 e. The molecule has 3 nitrogen and oxygen atoms in total. The lowest BCUT2D eigenvalue weighted by molar-refractivity contribution is 0.0615. The summed E-state index contributed by atoms with van der Waals surface area (Å²) in [4.78, 5) is 14.4. The highest BCUT2D eigenvalue weighted by molar-refractivity contribution is 14.1. The normalized spacial score (nSPS) is 24.8. The third-order valence-corrected chi connectivity index (χ3v) is 4.07. The number of hydrogen-bond acceptors (Lipinski definition) is 2. The molecule has 1 aromatic rings. The van der Waals surface area contributed by atoms with Crippen molar-refractivity contribution in [1.82, 2.24) is 10.2 Å². The van der Waals surface area contributed by atoms with Crippen LogP contribution in [0.5, 0.6) is 0 Å². The first-order valence-corrected chi connectivity index (χ1v) is 6.96. The fourth-order valence-electron chi connectivity index (χ4n) is 2.09. The molecule has 2 unspecified atom stereocenters. The maximum absolute atomic E-state index is 12.5. The van der Waals surface area contributed by atoms with Crippen LogP contribution in [0, 0.1) is 3.57 Å². The largest absolute Gasteiger partial charge is 0.333 e. The van der Waals surface area contributed by atoms with E-state index in [1.807, 2.05) is 29.2 Å². The number of amides is 1. The second-order valence-electron chi connectivity index (χ2n) is 4.60. The number of rotatable bonds is 1. The Bertz CT molecular complexity index is 422. The summed E-state index contributed by atoms with van der Waals surface area (Å²) in [6.07, 6.45) is 0. The molecule has 2 atom stereocenters. The van der Waals surface area contributed by atoms with Crippen LogP contribution in [0.2, 0.25) is 0 Å². The SMILES string of the molecule is CC1CN(C(=O)c2ccccc2I)C(C)CN1. The summed E-state index contributed by atoms with van der Waals surface area (Å²) in [5.41, 5.74) is 0.814. The van der Waals surface area contributed by atoms with Gasteiger partial charge in [-0.3, -0.25) is 4.79 Å². The van der Waals surface area contributed by atoms with Crippen molar-refractivity contribution in [3.05, 3.63) is 33.4 Å². The zero-order valence-electron chi connectivity index (χ0n) is 10.1. The van der Waals surface area contributed by atoms with Gasteiger partial charge in [-0.15, -0.1) is 0 Å². The second-order valence-corrected chi connectivity index (χ2v) is 5.76. The van der Waals surface area contributed by atoms with Crippen LogP contribution in [-0.4, -0.2) is 36.0 Å². The number of benzene rings is 1. The lowest BCUT2D eigenvalue weighted by atomic mass is 10.1. The Morgan fingerprint density at radius 2 is 2.12 bits per heavy atom. The predicted molar refractivity (Wildman–Crippen MR) is 77.1 cm³/mol. The molecule has 17 heavy (non-hydrogen) atoms. The number of hydrogen-bond donors (Lipinski definition) is 1. The maximum atomic E-state index is 12.5. The van der Waals surface area contributed by atoms with Gasteiger partial charge in [0.25, 0.3) is 5.91 Å². The van der Waals surface area contributed by atoms with Crippen molar-refractivity contribution < 1.29 is 4.79 Å². The van der Waals surface area contributed by atoms with Crippen LogP contribution < -0.4 is 5.32 Å². The van der Waals surface area contributed by atoms with Gasteiger partial charge < -0.3 is 10.2 Å². The summed E-state index contributed by atoms with van der Waals surface area (Å²) >= 11 is 2.22. The van der Waals surface area contributed by atoms with Gasteiger partial charge in [0.15, 0.2) is 0 Å². The highest BCUT2D eigenvalue weighted by atomic mass is 127. The molecule has 1 aliphatic heterocycles. The van der Waals surface area contributed by atoms with Crippen molar-refractivity contribution in [2.75, 3.05) is 13.1 Å². The van der Waals surface area contributed by atoms with Crippen LogP contribution in [-0.2, 0) is 0 Å². The minimum atomic E-state index is 0.149. The summed E-state index contributed by atoms with van der Waals surface area (Å²) in [7, 11) is 0. The van der Waals surface area contributed by atoms with Crippen molar-refractivity contribution in [2.45, 2.75) is 25.9 Å². The third kappa shape index (κ3) is 2.80. The molecule has 4 heteroatoms. The van der Waals surface area contributed by atoms with Crippen LogP contribution in [0.25, 0.3) is 0 Å². The fraction of sp³-hybridized carbons (Fsp3) is 0.462. The van der Waals surface area contributed by atoms with Gasteiger partial charge in [0.2, 0.25) is 0 Å². The van der Waals surface area contributed by atoms with Crippen LogP contribution in [0.1, 0.15) is 24.2 Å². The van der Waals surface area contributed by atoms with Crippen molar-refractivity contribution in [2.24, 2.45) is 0 Å². The van der Waals surface area contributed by atoms with E-state index in [9.17, 15) is 4.79 Å². The Kier molecular flexibility index (Phi) is 4.04. The van der Waals surface area contributed by atoms with E-state index in [1.165, 1.54) is 0 Å². The molecular weight excluding hydrogens is 327 g/mol. The number of carbonyl (C=O) groups excluding carboxylic acids is 1. The number of halogens is 1. The Morgan fingerprint density at radius 1 is 1.41 bits per heavy atom. The lowest BCUT2D eigenvalue weighted by Crippen LogP contribution is -2.56. The van der Waals surface area contributed by atoms with Gasteiger partial charge in [0.1, 0.15) is 0 Å². The number of piperazine rings is 1. The molecule has 2 rings (SSSR count). The molecule has 0 aliphatic carbocycles. The molecule has 1 fully saturated rings. The topological polar surface area (TPSA) is 32.3 Å². The second kappa shape index (κ2) is 5.35. The molecule has 1 heterocycles. The predicted octanol–water partition coefficient (Wildman–Crippen LogP) is 2.11. The van der Waals surface area contributed by atoms with Gasteiger partial charge >= 0.3 is 0 Å². The Labute approximate surface area is 116 Å². The third-order valence-electron chi connectivity index (χ3n) is 3.13. The molecule has 0 saturated carbocycles. The maximum Gasteiger partial charge on any atom is 0.255 e. The molecule has 1 aliphatic rings. The Morgan fingerprint density at radius 3 is 2.82 bits per heavy atom. The van der Waals surface area contributed by atoms with Gasteiger partial charge in [-0.25, -0.2) is 0 Å². The molecule has 0 bridgehead atoms. The van der Waals surface area contributed by atoms with Gasteiger partial charge in [-0.2, -0.15) is 0 Å². The summed E-state index contributed by atoms with van der Waals surface area (Å²) in [5.74, 6) is 0.149. The van der Waals surface area contributed by atoms with Crippen LogP contribution in [0.15, 0.2) is 24.3 Å². The lowest BCUT2D eigenvalue weighted by Gasteiger charge is -2.37. The van der Waals surface area contributed by atoms with E-state index in [2.05, 4.69) is 41.8 Å². The van der Waals surface area contributed by atoms with E-state index in [1.54, 1.807) is 0 Å². The Balaban J connectivity index is 2.22. The van der Waals surface area contributed by atoms with Crippen LogP contribution in [0.3, 0.4) is 0 Å². The first kappa shape index (κ1) is 12.8. The molecule has 92 valence electrons. The smallest absolute Gasteiger partial charge is 0.255 e. The van der Waals surface area contributed by atoms with E-state index in [0.717, 1.165) is 22.2 Å². The molecule has 0 radical (unpaired) electrons. The van der Waals surface area contributed by atoms with E-state index in [-0.39, 0.29) is 11.9 Å². The van der Waals surface area contributed by atoms with Crippen molar-refractivity contribution in [3.8, 4) is 0 Å². The van der Waals surface area contributed by atoms with Gasteiger partial charge in [0.05, 0.1) is 5.56 Å². The number of carbonyl (C=O) groups is 1. The van der Waals surface area contributed by atoms with Crippen LogP contribution >= 0.6 is 22.6 Å². The highest BCUT2D eigenvalue weighted by Gasteiger charge is 2.27. The molecule has 1 N–H and O–H groups in total. The van der Waals surface area contributed by atoms with Crippen LogP contribution in [0.4, 0.5) is 0 Å². The molecule has 0 aromatic heterocycles. The standard InChI is InChI=1S/C13H17IN2O/c1-9-8-16(10(2)7-15-9)13(17)11-5-3-4-6-12(11)14/h3-6,9-10,15H,7-8H2,1-2H3. The first-order chi connectivity index (χ1) is 8.09. The van der Waals surface area contributed by atoms with Gasteiger partial charge in [-0.05, 0) is 48.6 Å². The van der Waals surface area contributed by atoms with Crippen molar-refractivity contribution in [1.29, 1.82) is 0 Å².